The number of aliphatic hydroxyl groups excluding tert-OH is 1. The Kier molecular flexibility index (Phi) is 16.5. The van der Waals surface area contributed by atoms with Crippen LogP contribution in [0.2, 0.25) is 0 Å². The number of thioether (sulfide) groups is 2. The molecule has 1 atom stereocenters. The lowest BCUT2D eigenvalue weighted by atomic mass is 9.95. The van der Waals surface area contributed by atoms with E-state index in [4.69, 9.17) is 0 Å². The maximum absolute atomic E-state index is 10.8. The summed E-state index contributed by atoms with van der Waals surface area (Å²) >= 11 is 4.04. The molecule has 0 aliphatic heterocycles. The first kappa shape index (κ1) is 31.5. The second-order valence-corrected chi connectivity index (χ2v) is 13.3. The Bertz CT molecular complexity index is 596. The van der Waals surface area contributed by atoms with Gasteiger partial charge in [0.2, 0.25) is 5.95 Å². The summed E-state index contributed by atoms with van der Waals surface area (Å²) in [4.78, 5) is 15.2. The second-order valence-electron chi connectivity index (χ2n) is 10.6. The zero-order chi connectivity index (χ0) is 25.3. The van der Waals surface area contributed by atoms with Crippen LogP contribution in [0.5, 0.6) is 0 Å². The summed E-state index contributed by atoms with van der Waals surface area (Å²) < 4.78 is 0.236. The molecule has 1 aromatic rings. The lowest BCUT2D eigenvalue weighted by molar-refractivity contribution is 0.188. The number of aliphatic hydroxyl groups is 1. The van der Waals surface area contributed by atoms with Crippen molar-refractivity contribution in [3.05, 3.63) is 12.7 Å². The van der Waals surface area contributed by atoms with Crippen molar-refractivity contribution in [2.24, 2.45) is 0 Å². The zero-order valence-corrected chi connectivity index (χ0v) is 24.5. The van der Waals surface area contributed by atoms with Gasteiger partial charge in [0.15, 0.2) is 0 Å². The van der Waals surface area contributed by atoms with Gasteiger partial charge in [-0.25, -0.2) is 15.0 Å². The van der Waals surface area contributed by atoms with Crippen LogP contribution >= 0.6 is 23.5 Å². The summed E-state index contributed by atoms with van der Waals surface area (Å²) in [5.41, 5.74) is -0.724. The van der Waals surface area contributed by atoms with Crippen molar-refractivity contribution in [1.82, 2.24) is 15.0 Å². The Balaban J connectivity index is 2.92. The molecule has 5 nitrogen and oxygen atoms in total. The van der Waals surface area contributed by atoms with Gasteiger partial charge in [0.05, 0.1) is 16.7 Å². The number of rotatable bonds is 20. The summed E-state index contributed by atoms with van der Waals surface area (Å²) in [6.07, 6.45) is 18.8. The van der Waals surface area contributed by atoms with E-state index in [-0.39, 0.29) is 16.7 Å². The van der Waals surface area contributed by atoms with Gasteiger partial charge in [-0.15, -0.1) is 23.5 Å². The van der Waals surface area contributed by atoms with E-state index in [0.717, 1.165) is 11.5 Å². The standard InChI is InChI=1S/C27H52N4OS2/c1-7-9-11-13-15-17-19-33-24(34-20-18-16-14-12-10-8-2)27(6,21-32)31(26(3,4)5)25-29-22-28-23-30-25/h22-24,32H,7-21H2,1-6H3. The van der Waals surface area contributed by atoms with Crippen molar-refractivity contribution in [1.29, 1.82) is 0 Å². The molecule has 0 fully saturated rings. The molecular formula is C27H52N4OS2. The van der Waals surface area contributed by atoms with E-state index in [9.17, 15) is 5.11 Å². The third-order valence-electron chi connectivity index (χ3n) is 6.22. The Morgan fingerprint density at radius 2 is 1.21 bits per heavy atom. The van der Waals surface area contributed by atoms with Gasteiger partial charge in [0.1, 0.15) is 12.7 Å². The predicted molar refractivity (Wildman–Crippen MR) is 153 cm³/mol. The first-order chi connectivity index (χ1) is 16.3. The van der Waals surface area contributed by atoms with Gasteiger partial charge in [0.25, 0.3) is 0 Å². The van der Waals surface area contributed by atoms with E-state index >= 15 is 0 Å². The predicted octanol–water partition coefficient (Wildman–Crippen LogP) is 7.74. The van der Waals surface area contributed by atoms with Crippen molar-refractivity contribution in [2.75, 3.05) is 23.0 Å². The smallest absolute Gasteiger partial charge is 0.229 e. The minimum Gasteiger partial charge on any atom is -0.394 e. The average molecular weight is 513 g/mol. The highest BCUT2D eigenvalue weighted by Gasteiger charge is 2.46. The van der Waals surface area contributed by atoms with E-state index in [0.29, 0.717) is 5.95 Å². The van der Waals surface area contributed by atoms with Crippen LogP contribution in [0.25, 0.3) is 0 Å². The highest BCUT2D eigenvalue weighted by atomic mass is 32.2. The van der Waals surface area contributed by atoms with Crippen LogP contribution in [0.15, 0.2) is 12.7 Å². The molecule has 1 aromatic heterocycles. The summed E-state index contributed by atoms with van der Waals surface area (Å²) in [6, 6.07) is 0. The van der Waals surface area contributed by atoms with Gasteiger partial charge in [0, 0.05) is 5.54 Å². The number of aromatic nitrogens is 3. The molecule has 1 rings (SSSR count). The Morgan fingerprint density at radius 1 is 0.765 bits per heavy atom. The van der Waals surface area contributed by atoms with E-state index in [2.05, 4.69) is 61.4 Å². The molecule has 1 N–H and O–H groups in total. The molecule has 7 heteroatoms. The molecular weight excluding hydrogens is 460 g/mol. The molecule has 0 aromatic carbocycles. The van der Waals surface area contributed by atoms with Crippen molar-refractivity contribution in [3.63, 3.8) is 0 Å². The van der Waals surface area contributed by atoms with Crippen LogP contribution in [0, 0.1) is 0 Å². The summed E-state index contributed by atoms with van der Waals surface area (Å²) in [6.45, 7) is 13.3. The van der Waals surface area contributed by atoms with Crippen LogP contribution in [0.3, 0.4) is 0 Å². The molecule has 0 saturated heterocycles. The minimum atomic E-state index is -0.487. The summed E-state index contributed by atoms with van der Waals surface area (Å²) in [7, 11) is 0. The van der Waals surface area contributed by atoms with Gasteiger partial charge < -0.3 is 10.0 Å². The van der Waals surface area contributed by atoms with Gasteiger partial charge >= 0.3 is 0 Å². The SMILES string of the molecule is CCCCCCCCSC(SCCCCCCCC)C(C)(CO)N(c1ncncn1)C(C)(C)C. The zero-order valence-electron chi connectivity index (χ0n) is 22.9. The first-order valence-electron chi connectivity index (χ1n) is 13.6. The fourth-order valence-electron chi connectivity index (χ4n) is 4.45. The van der Waals surface area contributed by atoms with Gasteiger partial charge in [-0.1, -0.05) is 78.1 Å². The maximum Gasteiger partial charge on any atom is 0.229 e. The molecule has 0 aliphatic carbocycles. The molecule has 0 amide bonds. The van der Waals surface area contributed by atoms with Crippen molar-refractivity contribution < 1.29 is 5.11 Å². The van der Waals surface area contributed by atoms with E-state index in [1.54, 1.807) is 12.7 Å². The third-order valence-corrected chi connectivity index (χ3v) is 9.71. The Morgan fingerprint density at radius 3 is 1.62 bits per heavy atom. The Hall–Kier alpha value is -0.530. The van der Waals surface area contributed by atoms with Crippen LogP contribution in [0.1, 0.15) is 119 Å². The van der Waals surface area contributed by atoms with Gasteiger partial charge in [-0.2, -0.15) is 0 Å². The summed E-state index contributed by atoms with van der Waals surface area (Å²) in [5.74, 6) is 2.90. The van der Waals surface area contributed by atoms with Crippen molar-refractivity contribution in [2.45, 2.75) is 134 Å². The molecule has 34 heavy (non-hydrogen) atoms. The number of hydrogen-bond donors (Lipinski definition) is 1. The van der Waals surface area contributed by atoms with Gasteiger partial charge in [-0.3, -0.25) is 0 Å². The number of hydrogen-bond acceptors (Lipinski definition) is 7. The third kappa shape index (κ3) is 11.5. The first-order valence-corrected chi connectivity index (χ1v) is 15.7. The normalized spacial score (nSPS) is 13.9. The maximum atomic E-state index is 10.8. The Labute approximate surface area is 219 Å². The quantitative estimate of drug-likeness (QED) is 0.142. The topological polar surface area (TPSA) is 62.1 Å². The van der Waals surface area contributed by atoms with Crippen molar-refractivity contribution >= 4 is 29.5 Å². The fraction of sp³-hybridized carbons (Fsp3) is 0.889. The van der Waals surface area contributed by atoms with E-state index < -0.39 is 5.54 Å². The molecule has 0 aliphatic rings. The highest BCUT2D eigenvalue weighted by Crippen LogP contribution is 2.42. The lowest BCUT2D eigenvalue weighted by Crippen LogP contribution is -2.63. The second kappa shape index (κ2) is 17.8. The molecule has 198 valence electrons. The number of nitrogens with zero attached hydrogens (tertiary/aromatic N) is 4. The monoisotopic (exact) mass is 512 g/mol. The van der Waals surface area contributed by atoms with E-state index in [1.807, 2.05) is 23.5 Å². The van der Waals surface area contributed by atoms with Crippen LogP contribution in [-0.2, 0) is 0 Å². The molecule has 0 spiro atoms. The molecule has 0 radical (unpaired) electrons. The van der Waals surface area contributed by atoms with Crippen LogP contribution in [-0.4, -0.2) is 53.8 Å². The fourth-order valence-corrected chi connectivity index (χ4v) is 7.66. The number of anilines is 1. The largest absolute Gasteiger partial charge is 0.394 e. The minimum absolute atomic E-state index is 0.0631. The van der Waals surface area contributed by atoms with Crippen LogP contribution < -0.4 is 4.90 Å². The van der Waals surface area contributed by atoms with E-state index in [1.165, 1.54) is 77.0 Å². The molecule has 1 heterocycles. The molecule has 1 unspecified atom stereocenters. The average Bonchev–Trinajstić information content (AvgIpc) is 2.81. The number of unbranched alkanes of at least 4 members (excludes halogenated alkanes) is 10. The van der Waals surface area contributed by atoms with Crippen molar-refractivity contribution in [3.8, 4) is 0 Å². The lowest BCUT2D eigenvalue weighted by Gasteiger charge is -2.51. The highest BCUT2D eigenvalue weighted by molar-refractivity contribution is 8.17. The summed E-state index contributed by atoms with van der Waals surface area (Å²) in [5, 5.41) is 10.8. The molecule has 0 saturated carbocycles. The molecule has 0 bridgehead atoms. The van der Waals surface area contributed by atoms with Gasteiger partial charge in [-0.05, 0) is 52.0 Å². The van der Waals surface area contributed by atoms with Crippen LogP contribution in [0.4, 0.5) is 5.95 Å².